The fraction of sp³-hybridized carbons (Fsp3) is 0.733. The lowest BCUT2D eigenvalue weighted by atomic mass is 10.1. The second kappa shape index (κ2) is 6.39. The van der Waals surface area contributed by atoms with Crippen molar-refractivity contribution in [3.05, 3.63) is 23.5 Å². The molecule has 1 fully saturated rings. The highest BCUT2D eigenvalue weighted by molar-refractivity contribution is 5.16. The van der Waals surface area contributed by atoms with E-state index in [1.165, 1.54) is 24.2 Å². The van der Waals surface area contributed by atoms with Gasteiger partial charge in [-0.3, -0.25) is 0 Å². The van der Waals surface area contributed by atoms with Gasteiger partial charge in [-0.15, -0.1) is 0 Å². The third-order valence-electron chi connectivity index (χ3n) is 3.65. The molecule has 0 saturated carbocycles. The fourth-order valence-electron chi connectivity index (χ4n) is 2.57. The van der Waals surface area contributed by atoms with Crippen molar-refractivity contribution in [2.75, 3.05) is 13.2 Å². The molecule has 18 heavy (non-hydrogen) atoms. The van der Waals surface area contributed by atoms with E-state index in [0.717, 1.165) is 26.1 Å². The molecule has 1 aliphatic rings. The number of rotatable bonds is 6. The predicted molar refractivity (Wildman–Crippen MR) is 74.6 cm³/mol. The van der Waals surface area contributed by atoms with Crippen LogP contribution in [0.1, 0.15) is 38.1 Å². The fourth-order valence-corrected chi connectivity index (χ4v) is 2.57. The Balaban J connectivity index is 1.80. The molecule has 0 amide bonds. The van der Waals surface area contributed by atoms with Crippen LogP contribution in [0.25, 0.3) is 0 Å². The van der Waals surface area contributed by atoms with Crippen molar-refractivity contribution in [3.63, 3.8) is 0 Å². The van der Waals surface area contributed by atoms with Gasteiger partial charge in [0.1, 0.15) is 0 Å². The van der Waals surface area contributed by atoms with Gasteiger partial charge in [-0.25, -0.2) is 0 Å². The van der Waals surface area contributed by atoms with Crippen LogP contribution in [0.2, 0.25) is 0 Å². The van der Waals surface area contributed by atoms with E-state index in [1.54, 1.807) is 0 Å². The number of ether oxygens (including phenoxy) is 1. The molecule has 0 radical (unpaired) electrons. The quantitative estimate of drug-likeness (QED) is 0.839. The molecule has 1 N–H and O–H groups in total. The Morgan fingerprint density at radius 3 is 2.83 bits per heavy atom. The summed E-state index contributed by atoms with van der Waals surface area (Å²) in [6.07, 6.45) is 4.01. The summed E-state index contributed by atoms with van der Waals surface area (Å²) in [7, 11) is 2.17. The lowest BCUT2D eigenvalue weighted by molar-refractivity contribution is 0.110. The second-order valence-electron chi connectivity index (χ2n) is 5.74. The maximum Gasteiger partial charge on any atom is 0.0700 e. The SMILES string of the molecule is CC(C)Cc1ccc(CNC[C@@H]2CCCO2)n1C. The molecule has 1 aromatic rings. The van der Waals surface area contributed by atoms with Gasteiger partial charge in [0.25, 0.3) is 0 Å². The summed E-state index contributed by atoms with van der Waals surface area (Å²) in [4.78, 5) is 0. The van der Waals surface area contributed by atoms with Crippen LogP contribution in [0.15, 0.2) is 12.1 Å². The minimum atomic E-state index is 0.431. The minimum Gasteiger partial charge on any atom is -0.377 e. The topological polar surface area (TPSA) is 26.2 Å². The van der Waals surface area contributed by atoms with Gasteiger partial charge in [0.15, 0.2) is 0 Å². The standard InChI is InChI=1S/C15H26N2O/c1-12(2)9-13-6-7-14(17(13)3)10-16-11-15-5-4-8-18-15/h6-7,12,15-16H,4-5,8-11H2,1-3H3/t15-/m0/s1. The molecule has 3 heteroatoms. The van der Waals surface area contributed by atoms with Crippen LogP contribution in [0, 0.1) is 5.92 Å². The van der Waals surface area contributed by atoms with Crippen LogP contribution < -0.4 is 5.32 Å². The molecule has 0 aliphatic carbocycles. The molecule has 0 unspecified atom stereocenters. The summed E-state index contributed by atoms with van der Waals surface area (Å²) in [5.74, 6) is 0.714. The Morgan fingerprint density at radius 2 is 2.17 bits per heavy atom. The number of nitrogens with zero attached hydrogens (tertiary/aromatic N) is 1. The van der Waals surface area contributed by atoms with Crippen LogP contribution in [0.3, 0.4) is 0 Å². The highest BCUT2D eigenvalue weighted by Gasteiger charge is 2.14. The molecule has 3 nitrogen and oxygen atoms in total. The zero-order valence-electron chi connectivity index (χ0n) is 11.9. The van der Waals surface area contributed by atoms with E-state index in [9.17, 15) is 0 Å². The van der Waals surface area contributed by atoms with Crippen molar-refractivity contribution < 1.29 is 4.74 Å². The summed E-state index contributed by atoms with van der Waals surface area (Å²) in [6.45, 7) is 7.39. The van der Waals surface area contributed by atoms with Gasteiger partial charge in [0.05, 0.1) is 6.10 Å². The molecule has 0 aromatic carbocycles. The Bertz CT molecular complexity index is 365. The number of aromatic nitrogens is 1. The summed E-state index contributed by atoms with van der Waals surface area (Å²) >= 11 is 0. The van der Waals surface area contributed by atoms with E-state index < -0.39 is 0 Å². The third kappa shape index (κ3) is 3.59. The zero-order chi connectivity index (χ0) is 13.0. The first-order valence-electron chi connectivity index (χ1n) is 7.12. The largest absolute Gasteiger partial charge is 0.377 e. The van der Waals surface area contributed by atoms with Crippen molar-refractivity contribution in [1.29, 1.82) is 0 Å². The van der Waals surface area contributed by atoms with Crippen molar-refractivity contribution >= 4 is 0 Å². The zero-order valence-corrected chi connectivity index (χ0v) is 11.9. The Hall–Kier alpha value is -0.800. The van der Waals surface area contributed by atoms with Crippen LogP contribution in [0.5, 0.6) is 0 Å². The molecule has 0 spiro atoms. The average Bonchev–Trinajstić information content (AvgIpc) is 2.93. The molecule has 1 atom stereocenters. The summed E-state index contributed by atoms with van der Waals surface area (Å²) in [5, 5.41) is 3.51. The first kappa shape index (κ1) is 13.6. The first-order chi connectivity index (χ1) is 8.66. The summed E-state index contributed by atoms with van der Waals surface area (Å²) in [6, 6.07) is 4.49. The van der Waals surface area contributed by atoms with Crippen molar-refractivity contribution in [3.8, 4) is 0 Å². The van der Waals surface area contributed by atoms with Gasteiger partial charge in [-0.1, -0.05) is 13.8 Å². The lowest BCUT2D eigenvalue weighted by Crippen LogP contribution is -2.26. The summed E-state index contributed by atoms with van der Waals surface area (Å²) < 4.78 is 7.93. The number of hydrogen-bond acceptors (Lipinski definition) is 2. The Kier molecular flexibility index (Phi) is 4.84. The maximum absolute atomic E-state index is 5.61. The van der Waals surface area contributed by atoms with Crippen LogP contribution >= 0.6 is 0 Å². The summed E-state index contributed by atoms with van der Waals surface area (Å²) in [5.41, 5.74) is 2.79. The maximum atomic E-state index is 5.61. The minimum absolute atomic E-state index is 0.431. The van der Waals surface area contributed by atoms with Crippen LogP contribution in [-0.4, -0.2) is 23.8 Å². The van der Waals surface area contributed by atoms with Gasteiger partial charge >= 0.3 is 0 Å². The van der Waals surface area contributed by atoms with Gasteiger partial charge in [-0.05, 0) is 37.3 Å². The first-order valence-corrected chi connectivity index (χ1v) is 7.12. The van der Waals surface area contributed by atoms with Crippen molar-refractivity contribution in [2.24, 2.45) is 13.0 Å². The normalized spacial score (nSPS) is 19.9. The monoisotopic (exact) mass is 250 g/mol. The van der Waals surface area contributed by atoms with Gasteiger partial charge < -0.3 is 14.6 Å². The van der Waals surface area contributed by atoms with E-state index in [-0.39, 0.29) is 0 Å². The molecular formula is C15H26N2O. The molecule has 1 aliphatic heterocycles. The molecule has 0 bridgehead atoms. The van der Waals surface area contributed by atoms with Crippen molar-refractivity contribution in [2.45, 2.75) is 45.8 Å². The molecule has 1 aromatic heterocycles. The highest BCUT2D eigenvalue weighted by Crippen LogP contribution is 2.13. The average molecular weight is 250 g/mol. The van der Waals surface area contributed by atoms with E-state index >= 15 is 0 Å². The third-order valence-corrected chi connectivity index (χ3v) is 3.65. The van der Waals surface area contributed by atoms with Gasteiger partial charge in [-0.2, -0.15) is 0 Å². The van der Waals surface area contributed by atoms with Crippen LogP contribution in [0.4, 0.5) is 0 Å². The lowest BCUT2D eigenvalue weighted by Gasteiger charge is -2.12. The van der Waals surface area contributed by atoms with Gasteiger partial charge in [0, 0.05) is 38.1 Å². The predicted octanol–water partition coefficient (Wildman–Crippen LogP) is 2.49. The second-order valence-corrected chi connectivity index (χ2v) is 5.74. The van der Waals surface area contributed by atoms with E-state index in [1.807, 2.05) is 0 Å². The Morgan fingerprint density at radius 1 is 1.39 bits per heavy atom. The Labute approximate surface area is 111 Å². The molecule has 102 valence electrons. The number of hydrogen-bond donors (Lipinski definition) is 1. The van der Waals surface area contributed by atoms with Gasteiger partial charge in [0.2, 0.25) is 0 Å². The number of nitrogens with one attached hydrogen (secondary N) is 1. The highest BCUT2D eigenvalue weighted by atomic mass is 16.5. The van der Waals surface area contributed by atoms with E-state index in [0.29, 0.717) is 12.0 Å². The smallest absolute Gasteiger partial charge is 0.0700 e. The molecule has 2 heterocycles. The van der Waals surface area contributed by atoms with Crippen LogP contribution in [-0.2, 0) is 24.8 Å². The van der Waals surface area contributed by atoms with E-state index in [4.69, 9.17) is 4.74 Å². The molecular weight excluding hydrogens is 224 g/mol. The van der Waals surface area contributed by atoms with Crippen molar-refractivity contribution in [1.82, 2.24) is 9.88 Å². The molecule has 2 rings (SSSR count). The molecule has 1 saturated heterocycles. The van der Waals surface area contributed by atoms with E-state index in [2.05, 4.69) is 42.9 Å².